The fourth-order valence-corrected chi connectivity index (χ4v) is 11.0. The fourth-order valence-electron chi connectivity index (χ4n) is 11.0. The fraction of sp³-hybridized carbons (Fsp3) is 0.836. The van der Waals surface area contributed by atoms with Crippen molar-refractivity contribution in [3.05, 3.63) is 60.8 Å². The predicted molar refractivity (Wildman–Crippen MR) is 332 cm³/mol. The van der Waals surface area contributed by atoms with Gasteiger partial charge in [-0.25, -0.2) is 0 Å². The highest BCUT2D eigenvalue weighted by molar-refractivity contribution is 5.76. The number of hydrogen-bond donors (Lipinski definition) is 12. The first-order chi connectivity index (χ1) is 41.8. The van der Waals surface area contributed by atoms with Gasteiger partial charge in [0.15, 0.2) is 18.9 Å². The van der Waals surface area contributed by atoms with E-state index in [0.29, 0.717) is 12.8 Å². The molecule has 12 N–H and O–H groups in total. The summed E-state index contributed by atoms with van der Waals surface area (Å²) >= 11 is 0. The van der Waals surface area contributed by atoms with E-state index in [1.165, 1.54) is 128 Å². The van der Waals surface area contributed by atoms with Crippen LogP contribution >= 0.6 is 0 Å². The van der Waals surface area contributed by atoms with E-state index in [1.807, 2.05) is 6.08 Å². The van der Waals surface area contributed by atoms with Crippen molar-refractivity contribution in [3.63, 3.8) is 0 Å². The van der Waals surface area contributed by atoms with Gasteiger partial charge in [0.05, 0.1) is 38.6 Å². The quantitative estimate of drug-likeness (QED) is 0.0203. The molecule has 3 aliphatic heterocycles. The normalized spacial score (nSPS) is 29.2. The van der Waals surface area contributed by atoms with Gasteiger partial charge in [0, 0.05) is 6.42 Å². The van der Waals surface area contributed by atoms with E-state index in [1.54, 1.807) is 6.08 Å². The molecule has 3 heterocycles. The molecule has 500 valence electrons. The van der Waals surface area contributed by atoms with Crippen LogP contribution in [0.25, 0.3) is 0 Å². The number of hydrogen-bond acceptors (Lipinski definition) is 18. The molecule has 3 rings (SSSR count). The van der Waals surface area contributed by atoms with E-state index < -0.39 is 124 Å². The molecule has 0 aliphatic carbocycles. The van der Waals surface area contributed by atoms with Crippen LogP contribution in [0.3, 0.4) is 0 Å². The van der Waals surface area contributed by atoms with E-state index in [0.717, 1.165) is 64.2 Å². The van der Waals surface area contributed by atoms with Gasteiger partial charge in [-0.3, -0.25) is 4.79 Å². The number of carbonyl (C=O) groups is 1. The van der Waals surface area contributed by atoms with Crippen LogP contribution in [0, 0.1) is 0 Å². The van der Waals surface area contributed by atoms with E-state index in [-0.39, 0.29) is 18.9 Å². The molecule has 0 saturated carbocycles. The second kappa shape index (κ2) is 49.2. The maximum atomic E-state index is 13.4. The second-order valence-corrected chi connectivity index (χ2v) is 23.9. The average Bonchev–Trinajstić information content (AvgIpc) is 2.21. The molecule has 0 aromatic rings. The third-order valence-corrected chi connectivity index (χ3v) is 16.5. The van der Waals surface area contributed by atoms with Gasteiger partial charge in [-0.1, -0.05) is 203 Å². The lowest BCUT2D eigenvalue weighted by molar-refractivity contribution is -0.379. The number of unbranched alkanes of at least 4 members (excludes halogenated alkanes) is 26. The van der Waals surface area contributed by atoms with Gasteiger partial charge in [-0.15, -0.1) is 0 Å². The number of nitrogens with one attached hydrogen (secondary N) is 1. The third kappa shape index (κ3) is 31.5. The molecule has 19 heteroatoms. The summed E-state index contributed by atoms with van der Waals surface area (Å²) in [5, 5.41) is 120. The highest BCUT2D eigenvalue weighted by Crippen LogP contribution is 2.33. The number of allylic oxidation sites excluding steroid dienone is 9. The maximum Gasteiger partial charge on any atom is 0.220 e. The van der Waals surface area contributed by atoms with Crippen LogP contribution in [0.1, 0.15) is 226 Å². The van der Waals surface area contributed by atoms with E-state index in [4.69, 9.17) is 28.4 Å². The lowest BCUT2D eigenvalue weighted by atomic mass is 9.96. The van der Waals surface area contributed by atoms with Crippen LogP contribution in [0.2, 0.25) is 0 Å². The molecule has 1 amide bonds. The molecule has 17 atom stereocenters. The Balaban J connectivity index is 1.48. The molecule has 0 spiro atoms. The third-order valence-electron chi connectivity index (χ3n) is 16.5. The van der Waals surface area contributed by atoms with Crippen molar-refractivity contribution >= 4 is 5.91 Å². The Bertz CT molecular complexity index is 1800. The van der Waals surface area contributed by atoms with Gasteiger partial charge in [0.1, 0.15) is 73.2 Å². The summed E-state index contributed by atoms with van der Waals surface area (Å²) in [7, 11) is 0. The number of ether oxygens (including phenoxy) is 6. The van der Waals surface area contributed by atoms with Crippen LogP contribution < -0.4 is 5.32 Å². The topological polar surface area (TPSA) is 307 Å². The smallest absolute Gasteiger partial charge is 0.220 e. The Morgan fingerprint density at radius 2 is 0.779 bits per heavy atom. The van der Waals surface area contributed by atoms with Crippen molar-refractivity contribution in [2.24, 2.45) is 0 Å². The molecule has 0 bridgehead atoms. The zero-order valence-corrected chi connectivity index (χ0v) is 52.5. The van der Waals surface area contributed by atoms with Gasteiger partial charge in [-0.05, 0) is 77.0 Å². The van der Waals surface area contributed by atoms with Gasteiger partial charge in [-0.2, -0.15) is 0 Å². The maximum absolute atomic E-state index is 13.4. The van der Waals surface area contributed by atoms with E-state index in [9.17, 15) is 61.0 Å². The van der Waals surface area contributed by atoms with Crippen LogP contribution in [0.15, 0.2) is 60.8 Å². The average molecular weight is 1230 g/mol. The van der Waals surface area contributed by atoms with Crippen molar-refractivity contribution in [1.82, 2.24) is 5.32 Å². The summed E-state index contributed by atoms with van der Waals surface area (Å²) < 4.78 is 34.3. The molecule has 0 radical (unpaired) electrons. The van der Waals surface area contributed by atoms with E-state index >= 15 is 0 Å². The van der Waals surface area contributed by atoms with E-state index in [2.05, 4.69) is 67.8 Å². The minimum Gasteiger partial charge on any atom is -0.394 e. The number of aliphatic hydroxyl groups excluding tert-OH is 11. The predicted octanol–water partition coefficient (Wildman–Crippen LogP) is 7.99. The molecule has 3 fully saturated rings. The van der Waals surface area contributed by atoms with Crippen molar-refractivity contribution in [2.75, 3.05) is 26.4 Å². The van der Waals surface area contributed by atoms with Gasteiger partial charge in [0.2, 0.25) is 5.91 Å². The van der Waals surface area contributed by atoms with Crippen LogP contribution in [-0.2, 0) is 33.2 Å². The SMILES string of the molecule is CCCCCCC/C=C\C/C=C\CCCCCCCCCCCC(=O)NC(COC1OC(CO)C(OC2OC(CO)C(OC3OC(CO)C(O)C(O)C3O)C(O)C2O)C(O)C1O)C(O)/C=C/CC/C=C/CC/C=C/CCCCCCCCCCCC. The first kappa shape index (κ1) is 77.7. The minimum absolute atomic E-state index is 0.225. The number of aliphatic hydroxyl groups is 11. The lowest BCUT2D eigenvalue weighted by Crippen LogP contribution is -2.66. The lowest BCUT2D eigenvalue weighted by Gasteiger charge is -2.48. The molecule has 3 aliphatic rings. The monoisotopic (exact) mass is 1230 g/mol. The molecule has 17 unspecified atom stereocenters. The molecular formula is C67H119NO18. The van der Waals surface area contributed by atoms with Crippen LogP contribution in [0.4, 0.5) is 0 Å². The summed E-state index contributed by atoms with van der Waals surface area (Å²) in [6, 6.07) is -1.00. The summed E-state index contributed by atoms with van der Waals surface area (Å²) in [6.45, 7) is 1.69. The summed E-state index contributed by atoms with van der Waals surface area (Å²) in [5.41, 5.74) is 0. The molecule has 0 aromatic heterocycles. The van der Waals surface area contributed by atoms with Gasteiger partial charge >= 0.3 is 0 Å². The van der Waals surface area contributed by atoms with Gasteiger partial charge in [0.25, 0.3) is 0 Å². The highest BCUT2D eigenvalue weighted by Gasteiger charge is 2.53. The summed E-state index contributed by atoms with van der Waals surface area (Å²) in [6.07, 6.45) is 31.9. The Labute approximate surface area is 515 Å². The second-order valence-electron chi connectivity index (χ2n) is 23.9. The molecule has 86 heavy (non-hydrogen) atoms. The summed E-state index contributed by atoms with van der Waals surface area (Å²) in [5.74, 6) is -0.295. The zero-order valence-electron chi connectivity index (χ0n) is 52.5. The minimum atomic E-state index is -1.98. The largest absolute Gasteiger partial charge is 0.394 e. The molecular weight excluding hydrogens is 1110 g/mol. The Kier molecular flexibility index (Phi) is 44.5. The Morgan fingerprint density at radius 1 is 0.419 bits per heavy atom. The first-order valence-corrected chi connectivity index (χ1v) is 33.5. The number of amides is 1. The molecule has 19 nitrogen and oxygen atoms in total. The highest BCUT2D eigenvalue weighted by atomic mass is 16.8. The van der Waals surface area contributed by atoms with Gasteiger partial charge < -0.3 is 89.9 Å². The standard InChI is InChI=1S/C67H119NO18/c1-3-5-7-9-11-13-15-17-19-21-23-25-27-29-31-33-35-37-39-41-43-45-55(73)68-50(51(72)44-42-40-38-36-34-32-30-28-26-24-22-20-18-16-14-12-10-8-6-4-2)49-81-65-61(79)58(76)63(53(47-70)83-65)86-67-62(80)59(77)64(54(48-71)84-67)85-66-60(78)57(75)56(74)52(46-69)82-66/h15,17,21,23,26,28,34,36,42,44,50-54,56-67,69-72,74-80H,3-14,16,18-20,22,24-25,27,29-33,35,37-41,43,45-49H2,1-2H3,(H,68,73)/b17-15-,23-21-,28-26+,36-34+,44-42+. The zero-order chi connectivity index (χ0) is 62.6. The van der Waals surface area contributed by atoms with Crippen molar-refractivity contribution in [3.8, 4) is 0 Å². The Morgan fingerprint density at radius 3 is 1.23 bits per heavy atom. The number of rotatable bonds is 50. The molecule has 0 aromatic carbocycles. The van der Waals surface area contributed by atoms with Crippen molar-refractivity contribution < 1.29 is 89.4 Å². The van der Waals surface area contributed by atoms with Crippen LogP contribution in [0.5, 0.6) is 0 Å². The number of carbonyl (C=O) groups excluding carboxylic acids is 1. The van der Waals surface area contributed by atoms with Crippen molar-refractivity contribution in [2.45, 2.75) is 330 Å². The molecule has 3 saturated heterocycles. The Hall–Kier alpha value is -2.51. The first-order valence-electron chi connectivity index (χ1n) is 33.5. The van der Waals surface area contributed by atoms with Crippen molar-refractivity contribution in [1.29, 1.82) is 0 Å². The summed E-state index contributed by atoms with van der Waals surface area (Å²) in [4.78, 5) is 13.4. The van der Waals surface area contributed by atoms with Crippen LogP contribution in [-0.4, -0.2) is 193 Å².